The van der Waals surface area contributed by atoms with Gasteiger partial charge in [-0.3, -0.25) is 4.90 Å². The summed E-state index contributed by atoms with van der Waals surface area (Å²) in [5.41, 5.74) is 6.40. The number of nitrogens with zero attached hydrogens (tertiary/aromatic N) is 1. The van der Waals surface area contributed by atoms with Gasteiger partial charge in [0.2, 0.25) is 0 Å². The fourth-order valence-corrected chi connectivity index (χ4v) is 2.65. The molecule has 1 aliphatic heterocycles. The molecule has 0 radical (unpaired) electrons. The monoisotopic (exact) mass is 285 g/mol. The van der Waals surface area contributed by atoms with Crippen molar-refractivity contribution in [3.8, 4) is 0 Å². The minimum absolute atomic E-state index is 0.285. The van der Waals surface area contributed by atoms with Gasteiger partial charge in [-0.05, 0) is 30.7 Å². The number of hydrogen-bond acceptors (Lipinski definition) is 3. The van der Waals surface area contributed by atoms with Gasteiger partial charge in [0.05, 0.1) is 11.0 Å². The number of nitrogens with one attached hydrogen (secondary N) is 1. The Balaban J connectivity index is 2.27. The molecule has 1 aromatic carbocycles. The molecule has 19 heavy (non-hydrogen) atoms. The highest BCUT2D eigenvalue weighted by molar-refractivity contribution is 7.80. The Hall–Kier alpha value is -1.11. The number of hydrogen-bond donors (Lipinski definition) is 2. The zero-order chi connectivity index (χ0) is 13.8. The van der Waals surface area contributed by atoms with Crippen LogP contribution < -0.4 is 11.1 Å². The zero-order valence-electron chi connectivity index (χ0n) is 10.5. The number of rotatable bonds is 3. The molecule has 1 aromatic rings. The molecule has 0 saturated carbocycles. The molecule has 6 heteroatoms. The van der Waals surface area contributed by atoms with Crippen molar-refractivity contribution in [1.82, 2.24) is 10.2 Å². The highest BCUT2D eigenvalue weighted by Gasteiger charge is 2.24. The van der Waals surface area contributed by atoms with Gasteiger partial charge in [-0.15, -0.1) is 0 Å². The quantitative estimate of drug-likeness (QED) is 0.828. The Morgan fingerprint density at radius 2 is 2.05 bits per heavy atom. The number of halogens is 2. The molecule has 3 nitrogen and oxygen atoms in total. The van der Waals surface area contributed by atoms with E-state index in [2.05, 4.69) is 10.2 Å². The Kier molecular flexibility index (Phi) is 4.79. The normalized spacial score (nSPS) is 18.8. The maximum Gasteiger partial charge on any atom is 0.159 e. The molecular weight excluding hydrogens is 268 g/mol. The second-order valence-corrected chi connectivity index (χ2v) is 5.09. The summed E-state index contributed by atoms with van der Waals surface area (Å²) in [5, 5.41) is 3.28. The molecule has 1 aliphatic rings. The standard InChI is InChI=1S/C13H17F2N3S/c14-10-3-2-9(8-11(10)15)12(13(16)19)18-6-1-4-17-5-7-18/h2-3,8,12,17H,1,4-7H2,(H2,16,19). The summed E-state index contributed by atoms with van der Waals surface area (Å²) in [5.74, 6) is -1.73. The first kappa shape index (κ1) is 14.3. The third kappa shape index (κ3) is 3.46. The average Bonchev–Trinajstić information content (AvgIpc) is 2.62. The fourth-order valence-electron chi connectivity index (χ4n) is 2.36. The summed E-state index contributed by atoms with van der Waals surface area (Å²) in [4.78, 5) is 2.39. The van der Waals surface area contributed by atoms with Crippen LogP contribution in [0.5, 0.6) is 0 Å². The first-order valence-electron chi connectivity index (χ1n) is 6.28. The molecule has 1 heterocycles. The lowest BCUT2D eigenvalue weighted by Crippen LogP contribution is -2.39. The summed E-state index contributed by atoms with van der Waals surface area (Å²) in [6.45, 7) is 3.39. The van der Waals surface area contributed by atoms with E-state index < -0.39 is 11.6 Å². The second kappa shape index (κ2) is 6.36. The maximum atomic E-state index is 13.4. The van der Waals surface area contributed by atoms with Crippen LogP contribution in [0.3, 0.4) is 0 Å². The van der Waals surface area contributed by atoms with E-state index >= 15 is 0 Å². The first-order valence-corrected chi connectivity index (χ1v) is 6.69. The first-order chi connectivity index (χ1) is 9.09. The molecule has 104 valence electrons. The SMILES string of the molecule is NC(=S)C(c1ccc(F)c(F)c1)N1CCCNCC1. The predicted octanol–water partition coefficient (Wildman–Crippen LogP) is 1.59. The molecule has 1 fully saturated rings. The maximum absolute atomic E-state index is 13.4. The van der Waals surface area contributed by atoms with E-state index in [0.29, 0.717) is 5.56 Å². The molecule has 0 spiro atoms. The summed E-state index contributed by atoms with van der Waals surface area (Å²) >= 11 is 5.10. The van der Waals surface area contributed by atoms with Crippen LogP contribution in [0.25, 0.3) is 0 Å². The van der Waals surface area contributed by atoms with Crippen LogP contribution in [0.15, 0.2) is 18.2 Å². The molecule has 3 N–H and O–H groups in total. The fraction of sp³-hybridized carbons (Fsp3) is 0.462. The third-order valence-electron chi connectivity index (χ3n) is 3.27. The van der Waals surface area contributed by atoms with Crippen molar-refractivity contribution in [2.45, 2.75) is 12.5 Å². The molecule has 1 atom stereocenters. The summed E-state index contributed by atoms with van der Waals surface area (Å²) < 4.78 is 26.4. The molecular formula is C13H17F2N3S. The van der Waals surface area contributed by atoms with Gasteiger partial charge in [-0.2, -0.15) is 0 Å². The number of thiocarbonyl (C=S) groups is 1. The van der Waals surface area contributed by atoms with Crippen LogP contribution in [0.1, 0.15) is 18.0 Å². The average molecular weight is 285 g/mol. The van der Waals surface area contributed by atoms with Crippen molar-refractivity contribution in [3.63, 3.8) is 0 Å². The smallest absolute Gasteiger partial charge is 0.159 e. The molecule has 0 aromatic heterocycles. The van der Waals surface area contributed by atoms with Crippen molar-refractivity contribution < 1.29 is 8.78 Å². The Morgan fingerprint density at radius 1 is 1.26 bits per heavy atom. The molecule has 1 unspecified atom stereocenters. The zero-order valence-corrected chi connectivity index (χ0v) is 11.4. The Morgan fingerprint density at radius 3 is 2.74 bits per heavy atom. The van der Waals surface area contributed by atoms with E-state index in [9.17, 15) is 8.78 Å². The lowest BCUT2D eigenvalue weighted by Gasteiger charge is -2.30. The van der Waals surface area contributed by atoms with E-state index in [1.165, 1.54) is 6.07 Å². The van der Waals surface area contributed by atoms with Crippen LogP contribution in [0, 0.1) is 11.6 Å². The summed E-state index contributed by atoms with van der Waals surface area (Å²) in [6, 6.07) is 3.49. The highest BCUT2D eigenvalue weighted by Crippen LogP contribution is 2.23. The summed E-state index contributed by atoms with van der Waals surface area (Å²) in [7, 11) is 0. The molecule has 0 amide bonds. The van der Waals surface area contributed by atoms with Gasteiger partial charge in [0.25, 0.3) is 0 Å². The van der Waals surface area contributed by atoms with Gasteiger partial charge in [0.15, 0.2) is 11.6 Å². The van der Waals surface area contributed by atoms with Crippen LogP contribution in [-0.2, 0) is 0 Å². The van der Waals surface area contributed by atoms with Gasteiger partial charge in [-0.25, -0.2) is 8.78 Å². The summed E-state index contributed by atoms with van der Waals surface area (Å²) in [6.07, 6.45) is 0.975. The molecule has 0 aliphatic carbocycles. The van der Waals surface area contributed by atoms with Crippen molar-refractivity contribution in [2.24, 2.45) is 5.73 Å². The minimum Gasteiger partial charge on any atom is -0.392 e. The van der Waals surface area contributed by atoms with E-state index in [1.807, 2.05) is 0 Å². The van der Waals surface area contributed by atoms with Crippen LogP contribution in [-0.4, -0.2) is 36.1 Å². The Labute approximate surface area is 116 Å². The predicted molar refractivity (Wildman–Crippen MR) is 74.9 cm³/mol. The lowest BCUT2D eigenvalue weighted by atomic mass is 10.0. The second-order valence-electron chi connectivity index (χ2n) is 4.62. The molecule has 2 rings (SSSR count). The van der Waals surface area contributed by atoms with Crippen molar-refractivity contribution in [3.05, 3.63) is 35.4 Å². The van der Waals surface area contributed by atoms with Crippen LogP contribution >= 0.6 is 12.2 Å². The van der Waals surface area contributed by atoms with Crippen molar-refractivity contribution >= 4 is 17.2 Å². The molecule has 1 saturated heterocycles. The largest absolute Gasteiger partial charge is 0.392 e. The van der Waals surface area contributed by atoms with Gasteiger partial charge < -0.3 is 11.1 Å². The third-order valence-corrected chi connectivity index (χ3v) is 3.49. The van der Waals surface area contributed by atoms with Gasteiger partial charge in [-0.1, -0.05) is 18.3 Å². The Bertz CT molecular complexity index is 459. The highest BCUT2D eigenvalue weighted by atomic mass is 32.1. The molecule has 0 bridgehead atoms. The lowest BCUT2D eigenvalue weighted by molar-refractivity contribution is 0.261. The van der Waals surface area contributed by atoms with Gasteiger partial charge in [0, 0.05) is 19.6 Å². The van der Waals surface area contributed by atoms with Crippen molar-refractivity contribution in [2.75, 3.05) is 26.2 Å². The number of benzene rings is 1. The van der Waals surface area contributed by atoms with Gasteiger partial charge >= 0.3 is 0 Å². The van der Waals surface area contributed by atoms with E-state index in [1.54, 1.807) is 6.07 Å². The van der Waals surface area contributed by atoms with Crippen LogP contribution in [0.4, 0.5) is 8.78 Å². The van der Waals surface area contributed by atoms with Gasteiger partial charge in [0.1, 0.15) is 0 Å². The number of nitrogens with two attached hydrogens (primary N) is 1. The topological polar surface area (TPSA) is 41.3 Å². The van der Waals surface area contributed by atoms with Crippen molar-refractivity contribution in [1.29, 1.82) is 0 Å². The van der Waals surface area contributed by atoms with E-state index in [-0.39, 0.29) is 11.0 Å². The van der Waals surface area contributed by atoms with Crippen LogP contribution in [0.2, 0.25) is 0 Å². The minimum atomic E-state index is -0.869. The van der Waals surface area contributed by atoms with E-state index in [0.717, 1.165) is 38.7 Å². The van der Waals surface area contributed by atoms with E-state index in [4.69, 9.17) is 18.0 Å².